The average Bonchev–Trinajstić information content (AvgIpc) is 3.49. The molecule has 0 saturated heterocycles. The summed E-state index contributed by atoms with van der Waals surface area (Å²) in [7, 11) is 0. The van der Waals surface area contributed by atoms with Gasteiger partial charge in [-0.05, 0) is 48.4 Å². The molecule has 0 spiro atoms. The summed E-state index contributed by atoms with van der Waals surface area (Å²) in [5, 5.41) is 7.67. The molecule has 0 saturated carbocycles. The van der Waals surface area contributed by atoms with Gasteiger partial charge in [-0.25, -0.2) is 4.98 Å². The number of hydrogen-bond acceptors (Lipinski definition) is 6. The largest absolute Gasteiger partial charge is 0.322 e. The Bertz CT molecular complexity index is 1470. The van der Waals surface area contributed by atoms with Crippen LogP contribution in [0.15, 0.2) is 84.4 Å². The van der Waals surface area contributed by atoms with E-state index in [-0.39, 0.29) is 35.0 Å². The molecule has 1 aliphatic heterocycles. The van der Waals surface area contributed by atoms with E-state index in [1.807, 2.05) is 30.3 Å². The molecule has 4 aromatic rings. The van der Waals surface area contributed by atoms with E-state index in [0.29, 0.717) is 22.8 Å². The zero-order valence-electron chi connectivity index (χ0n) is 18.9. The van der Waals surface area contributed by atoms with E-state index in [1.165, 1.54) is 34.4 Å². The Morgan fingerprint density at radius 3 is 2.33 bits per heavy atom. The predicted molar refractivity (Wildman–Crippen MR) is 136 cm³/mol. The molecule has 8 nitrogen and oxygen atoms in total. The van der Waals surface area contributed by atoms with E-state index in [2.05, 4.69) is 15.6 Å². The molecule has 5 rings (SSSR count). The summed E-state index contributed by atoms with van der Waals surface area (Å²) < 4.78 is 0. The van der Waals surface area contributed by atoms with Gasteiger partial charge in [-0.1, -0.05) is 36.4 Å². The van der Waals surface area contributed by atoms with Crippen molar-refractivity contribution in [1.82, 2.24) is 9.88 Å². The summed E-state index contributed by atoms with van der Waals surface area (Å²) >= 11 is 1.30. The minimum absolute atomic E-state index is 0.206. The van der Waals surface area contributed by atoms with Crippen LogP contribution >= 0.6 is 11.3 Å². The van der Waals surface area contributed by atoms with E-state index >= 15 is 0 Å². The van der Waals surface area contributed by atoms with Gasteiger partial charge in [0, 0.05) is 34.9 Å². The van der Waals surface area contributed by atoms with Gasteiger partial charge in [-0.3, -0.25) is 29.4 Å². The van der Waals surface area contributed by atoms with Crippen LogP contribution in [-0.4, -0.2) is 40.1 Å². The van der Waals surface area contributed by atoms with E-state index in [1.54, 1.807) is 35.8 Å². The number of carbonyl (C=O) groups excluding carboxylic acids is 4. The highest BCUT2D eigenvalue weighted by atomic mass is 32.1. The number of benzene rings is 3. The van der Waals surface area contributed by atoms with Gasteiger partial charge in [0.15, 0.2) is 5.13 Å². The number of carbonyl (C=O) groups is 4. The fraction of sp³-hybridized carbons (Fsp3) is 0.0741. The zero-order chi connectivity index (χ0) is 25.1. The fourth-order valence-corrected chi connectivity index (χ4v) is 4.44. The second-order valence-corrected chi connectivity index (χ2v) is 8.98. The molecule has 36 heavy (non-hydrogen) atoms. The van der Waals surface area contributed by atoms with Gasteiger partial charge in [0.25, 0.3) is 23.6 Å². The number of hydrogen-bond donors (Lipinski definition) is 2. The minimum Gasteiger partial charge on any atom is -0.322 e. The Kier molecular flexibility index (Phi) is 6.38. The molecule has 1 aliphatic rings. The molecular weight excluding hydrogens is 476 g/mol. The first-order valence-corrected chi connectivity index (χ1v) is 12.0. The maximum atomic E-state index is 12.9. The van der Waals surface area contributed by atoms with Crippen LogP contribution in [0, 0.1) is 0 Å². The first kappa shape index (κ1) is 23.1. The van der Waals surface area contributed by atoms with Crippen molar-refractivity contribution in [3.05, 3.63) is 112 Å². The number of thiazole rings is 1. The normalized spacial score (nSPS) is 12.4. The third-order valence-corrected chi connectivity index (χ3v) is 6.42. The Morgan fingerprint density at radius 2 is 1.56 bits per heavy atom. The smallest absolute Gasteiger partial charge is 0.261 e. The van der Waals surface area contributed by atoms with Crippen LogP contribution in [0.2, 0.25) is 0 Å². The van der Waals surface area contributed by atoms with Gasteiger partial charge < -0.3 is 5.32 Å². The van der Waals surface area contributed by atoms with Crippen molar-refractivity contribution in [1.29, 1.82) is 0 Å². The molecule has 0 fully saturated rings. The predicted octanol–water partition coefficient (Wildman–Crippen LogP) is 4.49. The molecule has 2 N–H and O–H groups in total. The summed E-state index contributed by atoms with van der Waals surface area (Å²) in [6.07, 6.45) is 2.14. The summed E-state index contributed by atoms with van der Waals surface area (Å²) in [5.41, 5.74) is 2.52. The highest BCUT2D eigenvalue weighted by molar-refractivity contribution is 7.13. The number of fused-ring (bicyclic) bond motifs is 1. The first-order chi connectivity index (χ1) is 17.5. The second kappa shape index (κ2) is 9.93. The standard InChI is InChI=1S/C27H20N4O4S/c32-23(29-20-8-4-7-18(15-20)24(33)30-27-28-12-14-36-27)19-9-10-21-22(16-19)26(35)31(25(21)34)13-11-17-5-2-1-3-6-17/h1-10,12,14-16H,11,13H2,(H,29,32)(H,28,30,33). The van der Waals surface area contributed by atoms with Gasteiger partial charge in [0.1, 0.15) is 0 Å². The van der Waals surface area contributed by atoms with Crippen molar-refractivity contribution in [3.63, 3.8) is 0 Å². The van der Waals surface area contributed by atoms with E-state index < -0.39 is 11.8 Å². The monoisotopic (exact) mass is 496 g/mol. The third kappa shape index (κ3) is 4.77. The van der Waals surface area contributed by atoms with Crippen LogP contribution in [0.1, 0.15) is 47.0 Å². The van der Waals surface area contributed by atoms with Gasteiger partial charge in [0.2, 0.25) is 0 Å². The van der Waals surface area contributed by atoms with Crippen molar-refractivity contribution >= 4 is 45.8 Å². The Labute approximate surface area is 210 Å². The molecule has 0 unspecified atom stereocenters. The summed E-state index contributed by atoms with van der Waals surface area (Å²) in [5.74, 6) is -1.59. The number of aromatic nitrogens is 1. The molecule has 3 aromatic carbocycles. The Morgan fingerprint density at radius 1 is 0.806 bits per heavy atom. The molecule has 0 atom stereocenters. The van der Waals surface area contributed by atoms with Crippen molar-refractivity contribution in [2.75, 3.05) is 17.2 Å². The lowest BCUT2D eigenvalue weighted by Gasteiger charge is -2.13. The van der Waals surface area contributed by atoms with Crippen LogP contribution in [0.4, 0.5) is 10.8 Å². The minimum atomic E-state index is -0.460. The van der Waals surface area contributed by atoms with Gasteiger partial charge in [-0.2, -0.15) is 0 Å². The van der Waals surface area contributed by atoms with Crippen molar-refractivity contribution < 1.29 is 19.2 Å². The number of imide groups is 1. The molecule has 0 bridgehead atoms. The van der Waals surface area contributed by atoms with Crippen LogP contribution in [-0.2, 0) is 6.42 Å². The molecule has 1 aromatic heterocycles. The highest BCUT2D eigenvalue weighted by Gasteiger charge is 2.35. The number of anilines is 2. The lowest BCUT2D eigenvalue weighted by Crippen LogP contribution is -2.31. The van der Waals surface area contributed by atoms with Crippen LogP contribution in [0.25, 0.3) is 0 Å². The Balaban J connectivity index is 1.28. The number of nitrogens with one attached hydrogen (secondary N) is 2. The number of amides is 4. The average molecular weight is 497 g/mol. The van der Waals surface area contributed by atoms with Crippen LogP contribution in [0.3, 0.4) is 0 Å². The van der Waals surface area contributed by atoms with Crippen molar-refractivity contribution in [2.24, 2.45) is 0 Å². The fourth-order valence-electron chi connectivity index (χ4n) is 3.92. The molecule has 4 amide bonds. The molecular formula is C27H20N4O4S. The number of nitrogens with zero attached hydrogens (tertiary/aromatic N) is 2. The summed E-state index contributed by atoms with van der Waals surface area (Å²) in [6, 6.07) is 20.6. The maximum absolute atomic E-state index is 12.9. The van der Waals surface area contributed by atoms with Gasteiger partial charge in [-0.15, -0.1) is 11.3 Å². The number of rotatable bonds is 7. The van der Waals surface area contributed by atoms with Crippen molar-refractivity contribution in [3.8, 4) is 0 Å². The highest BCUT2D eigenvalue weighted by Crippen LogP contribution is 2.25. The topological polar surface area (TPSA) is 108 Å². The molecule has 0 aliphatic carbocycles. The SMILES string of the molecule is O=C(Nc1cccc(C(=O)Nc2nccs2)c1)c1ccc2c(c1)C(=O)N(CCc1ccccc1)C2=O. The maximum Gasteiger partial charge on any atom is 0.261 e. The van der Waals surface area contributed by atoms with Crippen molar-refractivity contribution in [2.45, 2.75) is 6.42 Å². The van der Waals surface area contributed by atoms with Crippen LogP contribution in [0.5, 0.6) is 0 Å². The molecule has 0 radical (unpaired) electrons. The molecule has 2 heterocycles. The second-order valence-electron chi connectivity index (χ2n) is 8.08. The van der Waals surface area contributed by atoms with Gasteiger partial charge in [0.05, 0.1) is 11.1 Å². The van der Waals surface area contributed by atoms with Crippen LogP contribution < -0.4 is 10.6 Å². The zero-order valence-corrected chi connectivity index (χ0v) is 19.7. The quantitative estimate of drug-likeness (QED) is 0.367. The van der Waals surface area contributed by atoms with E-state index in [9.17, 15) is 19.2 Å². The third-order valence-electron chi connectivity index (χ3n) is 5.74. The first-order valence-electron chi connectivity index (χ1n) is 11.2. The molecule has 9 heteroatoms. The lowest BCUT2D eigenvalue weighted by molar-refractivity contribution is 0.0655. The van der Waals surface area contributed by atoms with E-state index in [0.717, 1.165) is 5.56 Å². The molecule has 178 valence electrons. The Hall–Kier alpha value is -4.63. The van der Waals surface area contributed by atoms with Gasteiger partial charge >= 0.3 is 0 Å². The summed E-state index contributed by atoms with van der Waals surface area (Å²) in [6.45, 7) is 0.258. The lowest BCUT2D eigenvalue weighted by atomic mass is 10.1. The van der Waals surface area contributed by atoms with E-state index in [4.69, 9.17) is 0 Å². The summed E-state index contributed by atoms with van der Waals surface area (Å²) in [4.78, 5) is 56.3.